The molecule has 0 aliphatic rings. The second-order valence-corrected chi connectivity index (χ2v) is 5.63. The van der Waals surface area contributed by atoms with E-state index in [1.54, 1.807) is 6.20 Å². The van der Waals surface area contributed by atoms with Crippen LogP contribution in [0.2, 0.25) is 0 Å². The van der Waals surface area contributed by atoms with Gasteiger partial charge in [0.1, 0.15) is 0 Å². The summed E-state index contributed by atoms with van der Waals surface area (Å²) in [6.07, 6.45) is 1.79. The van der Waals surface area contributed by atoms with Crippen LogP contribution in [0.4, 0.5) is 0 Å². The second kappa shape index (κ2) is 5.73. The number of rotatable bonds is 2. The summed E-state index contributed by atoms with van der Waals surface area (Å²) in [4.78, 5) is 12.7. The summed E-state index contributed by atoms with van der Waals surface area (Å²) >= 11 is 5.50. The standard InChI is InChI=1S/C18H16N2OS/c1-13-8-10-15(11-9-13)17(21)19-12-14(2)20(18(19)22)16-6-4-3-5-7-16/h3-12H,1-2H3. The highest BCUT2D eigenvalue weighted by molar-refractivity contribution is 7.71. The lowest BCUT2D eigenvalue weighted by atomic mass is 10.1. The van der Waals surface area contributed by atoms with Crippen molar-refractivity contribution >= 4 is 18.1 Å². The number of benzene rings is 2. The van der Waals surface area contributed by atoms with E-state index in [0.29, 0.717) is 10.3 Å². The molecule has 0 saturated heterocycles. The highest BCUT2D eigenvalue weighted by Gasteiger charge is 2.14. The van der Waals surface area contributed by atoms with Crippen LogP contribution >= 0.6 is 12.2 Å². The summed E-state index contributed by atoms with van der Waals surface area (Å²) in [5.74, 6) is -0.109. The Balaban J connectivity index is 2.08. The Morgan fingerprint density at radius 1 is 0.955 bits per heavy atom. The normalized spacial score (nSPS) is 10.6. The van der Waals surface area contributed by atoms with Crippen LogP contribution in [-0.2, 0) is 0 Å². The summed E-state index contributed by atoms with van der Waals surface area (Å²) in [6, 6.07) is 17.3. The van der Waals surface area contributed by atoms with Crippen LogP contribution in [0.15, 0.2) is 60.8 Å². The lowest BCUT2D eigenvalue weighted by Gasteiger charge is -2.05. The fourth-order valence-electron chi connectivity index (χ4n) is 2.43. The maximum absolute atomic E-state index is 12.7. The lowest BCUT2D eigenvalue weighted by molar-refractivity contribution is 0.0958. The second-order valence-electron chi connectivity index (χ2n) is 5.27. The topological polar surface area (TPSA) is 26.9 Å². The van der Waals surface area contributed by atoms with Gasteiger partial charge in [0.15, 0.2) is 4.77 Å². The Labute approximate surface area is 134 Å². The third-order valence-electron chi connectivity index (χ3n) is 3.60. The van der Waals surface area contributed by atoms with Crippen molar-refractivity contribution in [2.75, 3.05) is 0 Å². The third-order valence-corrected chi connectivity index (χ3v) is 3.98. The quantitative estimate of drug-likeness (QED) is 0.659. The molecule has 0 fully saturated rings. The lowest BCUT2D eigenvalue weighted by Crippen LogP contribution is -2.12. The molecule has 0 amide bonds. The van der Waals surface area contributed by atoms with E-state index in [2.05, 4.69) is 0 Å². The van der Waals surface area contributed by atoms with Crippen molar-refractivity contribution in [3.05, 3.63) is 82.4 Å². The number of hydrogen-bond acceptors (Lipinski definition) is 2. The zero-order chi connectivity index (χ0) is 15.7. The van der Waals surface area contributed by atoms with Gasteiger partial charge in [-0.2, -0.15) is 0 Å². The molecule has 22 heavy (non-hydrogen) atoms. The minimum absolute atomic E-state index is 0.109. The van der Waals surface area contributed by atoms with Crippen molar-refractivity contribution < 1.29 is 4.79 Å². The molecule has 1 aromatic heterocycles. The van der Waals surface area contributed by atoms with Crippen LogP contribution in [0.5, 0.6) is 0 Å². The smallest absolute Gasteiger partial charge is 0.264 e. The van der Waals surface area contributed by atoms with Gasteiger partial charge in [0.05, 0.1) is 0 Å². The van der Waals surface area contributed by atoms with Gasteiger partial charge in [0.2, 0.25) is 0 Å². The van der Waals surface area contributed by atoms with Crippen molar-refractivity contribution in [2.24, 2.45) is 0 Å². The van der Waals surface area contributed by atoms with E-state index >= 15 is 0 Å². The van der Waals surface area contributed by atoms with E-state index in [1.165, 1.54) is 4.57 Å². The predicted octanol–water partition coefficient (Wildman–Crippen LogP) is 4.31. The fourth-order valence-corrected chi connectivity index (χ4v) is 2.82. The molecule has 0 atom stereocenters. The molecule has 0 N–H and O–H groups in total. The SMILES string of the molecule is Cc1ccc(C(=O)n2cc(C)n(-c3ccccc3)c2=S)cc1. The largest absolute Gasteiger partial charge is 0.289 e. The van der Waals surface area contributed by atoms with E-state index < -0.39 is 0 Å². The summed E-state index contributed by atoms with van der Waals surface area (Å²) in [5.41, 5.74) is 3.64. The van der Waals surface area contributed by atoms with Gasteiger partial charge < -0.3 is 0 Å². The summed E-state index contributed by atoms with van der Waals surface area (Å²) in [6.45, 7) is 3.94. The Morgan fingerprint density at radius 3 is 2.23 bits per heavy atom. The van der Waals surface area contributed by atoms with Crippen molar-refractivity contribution in [2.45, 2.75) is 13.8 Å². The number of imidazole rings is 1. The summed E-state index contributed by atoms with van der Waals surface area (Å²) in [5, 5.41) is 0. The van der Waals surface area contributed by atoms with Crippen LogP contribution in [-0.4, -0.2) is 15.0 Å². The molecule has 0 radical (unpaired) electrons. The first-order chi connectivity index (χ1) is 10.6. The molecule has 0 saturated carbocycles. The number of para-hydroxylation sites is 1. The fraction of sp³-hybridized carbons (Fsp3) is 0.111. The van der Waals surface area contributed by atoms with Crippen LogP contribution in [0.25, 0.3) is 5.69 Å². The zero-order valence-corrected chi connectivity index (χ0v) is 13.3. The van der Waals surface area contributed by atoms with Gasteiger partial charge in [-0.15, -0.1) is 0 Å². The van der Waals surface area contributed by atoms with Gasteiger partial charge in [0.25, 0.3) is 5.91 Å². The molecule has 0 spiro atoms. The Bertz CT molecular complexity index is 874. The van der Waals surface area contributed by atoms with Crippen LogP contribution < -0.4 is 0 Å². The van der Waals surface area contributed by atoms with Crippen LogP contribution in [0, 0.1) is 18.6 Å². The van der Waals surface area contributed by atoms with Gasteiger partial charge >= 0.3 is 0 Å². The van der Waals surface area contributed by atoms with E-state index in [0.717, 1.165) is 16.9 Å². The molecule has 2 aromatic carbocycles. The highest BCUT2D eigenvalue weighted by Crippen LogP contribution is 2.15. The summed E-state index contributed by atoms with van der Waals surface area (Å²) < 4.78 is 3.92. The first-order valence-corrected chi connectivity index (χ1v) is 7.46. The summed E-state index contributed by atoms with van der Waals surface area (Å²) in [7, 11) is 0. The molecule has 3 aromatic rings. The molecule has 0 aliphatic carbocycles. The number of aromatic nitrogens is 2. The third kappa shape index (κ3) is 2.53. The van der Waals surface area contributed by atoms with Crippen molar-refractivity contribution in [3.63, 3.8) is 0 Å². The first-order valence-electron chi connectivity index (χ1n) is 7.06. The average molecular weight is 308 g/mol. The molecule has 0 unspecified atom stereocenters. The van der Waals surface area contributed by atoms with Crippen molar-refractivity contribution in [3.8, 4) is 5.69 Å². The van der Waals surface area contributed by atoms with E-state index in [9.17, 15) is 4.79 Å². The molecule has 3 nitrogen and oxygen atoms in total. The van der Waals surface area contributed by atoms with Gasteiger partial charge in [0, 0.05) is 23.1 Å². The molecule has 4 heteroatoms. The molecule has 110 valence electrons. The molecular formula is C18H16N2OS. The van der Waals surface area contributed by atoms with Crippen LogP contribution in [0.1, 0.15) is 21.6 Å². The minimum Gasteiger partial charge on any atom is -0.289 e. The van der Waals surface area contributed by atoms with Crippen LogP contribution in [0.3, 0.4) is 0 Å². The van der Waals surface area contributed by atoms with Crippen molar-refractivity contribution in [1.29, 1.82) is 0 Å². The zero-order valence-electron chi connectivity index (χ0n) is 12.5. The van der Waals surface area contributed by atoms with E-state index in [1.807, 2.05) is 73.0 Å². The highest BCUT2D eigenvalue weighted by atomic mass is 32.1. The number of aryl methyl sites for hydroxylation is 2. The molecule has 0 bridgehead atoms. The minimum atomic E-state index is -0.109. The predicted molar refractivity (Wildman–Crippen MR) is 90.2 cm³/mol. The Kier molecular flexibility index (Phi) is 3.77. The molecule has 1 heterocycles. The first kappa shape index (κ1) is 14.5. The number of carbonyl (C=O) groups is 1. The van der Waals surface area contributed by atoms with E-state index in [4.69, 9.17) is 12.2 Å². The molecule has 0 aliphatic heterocycles. The monoisotopic (exact) mass is 308 g/mol. The number of hydrogen-bond donors (Lipinski definition) is 0. The maximum atomic E-state index is 12.7. The molecular weight excluding hydrogens is 292 g/mol. The average Bonchev–Trinajstić information content (AvgIpc) is 2.83. The van der Waals surface area contributed by atoms with Gasteiger partial charge in [-0.25, -0.2) is 0 Å². The number of carbonyl (C=O) groups excluding carboxylic acids is 1. The Hall–Kier alpha value is -2.46. The van der Waals surface area contributed by atoms with Gasteiger partial charge in [-0.1, -0.05) is 35.9 Å². The van der Waals surface area contributed by atoms with Gasteiger partial charge in [-0.05, 0) is 50.3 Å². The number of nitrogens with zero attached hydrogens (tertiary/aromatic N) is 2. The van der Waals surface area contributed by atoms with Gasteiger partial charge in [-0.3, -0.25) is 13.9 Å². The maximum Gasteiger partial charge on any atom is 0.264 e. The molecule has 3 rings (SSSR count). The van der Waals surface area contributed by atoms with E-state index in [-0.39, 0.29) is 5.91 Å². The Morgan fingerprint density at radius 2 is 1.59 bits per heavy atom. The van der Waals surface area contributed by atoms with Crippen molar-refractivity contribution in [1.82, 2.24) is 9.13 Å².